The Morgan fingerprint density at radius 2 is 0.214 bits per heavy atom. The van der Waals surface area contributed by atoms with Crippen LogP contribution in [0.4, 0.5) is 25.2 Å². The third-order valence-corrected chi connectivity index (χ3v) is 0. The molecule has 0 bridgehead atoms. The van der Waals surface area contributed by atoms with Crippen LogP contribution in [0.2, 0.25) is 0 Å². The van der Waals surface area contributed by atoms with Crippen molar-refractivity contribution in [2.24, 2.45) is 0 Å². The molecule has 0 fully saturated rings. The minimum absolute atomic E-state index is 0. The van der Waals surface area contributed by atoms with Crippen LogP contribution in [-0.4, -0.2) is 58.7 Å². The third-order valence-electron chi connectivity index (χ3n) is 0. The van der Waals surface area contributed by atoms with Crippen LogP contribution in [0, 0.1) is 0 Å². The number of hydrogen-bond acceptors (Lipinski definition) is 6. The first-order valence-electron chi connectivity index (χ1n) is 4.51. The molecule has 42 heavy (non-hydrogen) atoms. The van der Waals surface area contributed by atoms with Gasteiger partial charge in [-0.2, -0.15) is 119 Å². The van der Waals surface area contributed by atoms with Crippen molar-refractivity contribution in [3.05, 3.63) is 0 Å². The first-order chi connectivity index (χ1) is 12.0. The molecule has 12 unspecified atom stereocenters. The average Bonchev–Trinajstić information content (AvgIpc) is 1.94. The predicted octanol–water partition coefficient (Wildman–Crippen LogP) is 0.989. The van der Waals surface area contributed by atoms with Crippen LogP contribution in [0.25, 0.3) is 0 Å². The van der Waals surface area contributed by atoms with Crippen LogP contribution in [0.5, 0.6) is 0 Å². The fourth-order valence-electron chi connectivity index (χ4n) is 0. The van der Waals surface area contributed by atoms with Gasteiger partial charge in [0.2, 0.25) is 0 Å². The maximum atomic E-state index is 10.4. The molecule has 12 N–H and O–H groups in total. The molecule has 12 atom stereocenters. The Morgan fingerprint density at radius 1 is 0.214 bits per heavy atom. The van der Waals surface area contributed by atoms with Gasteiger partial charge in [0.05, 0.1) is 0 Å². The second-order valence-electron chi connectivity index (χ2n) is 2.84. The number of rotatable bonds is 0. The van der Waals surface area contributed by atoms with Gasteiger partial charge in [0.25, 0.3) is 0 Å². The van der Waals surface area contributed by atoms with Crippen LogP contribution in [0.3, 0.4) is 0 Å². The standard InChI is InChI=1S/6FH2O3P.12H3P/c6*1-5(2,3)4;;;;;;;;;;;;/h6*(H2,2,3,4);12*1H3. The molecule has 0 aromatic rings. The zero-order valence-corrected chi connectivity index (χ0v) is 43.6. The van der Waals surface area contributed by atoms with Crippen LogP contribution in [0.15, 0.2) is 0 Å². The molecule has 0 saturated carbocycles. The highest BCUT2D eigenvalue weighted by Gasteiger charge is 2.06. The smallest absolute Gasteiger partial charge is 0.299 e. The van der Waals surface area contributed by atoms with Gasteiger partial charge in [0, 0.05) is 0 Å². The molecule has 0 spiro atoms. The molecule has 0 rings (SSSR count). The Balaban J connectivity index is -0.00000000973. The first kappa shape index (κ1) is 118. The van der Waals surface area contributed by atoms with Gasteiger partial charge < -0.3 is 0 Å². The minimum atomic E-state index is -5.14. The highest BCUT2D eigenvalue weighted by Crippen LogP contribution is 2.37. The van der Waals surface area contributed by atoms with Gasteiger partial charge in [-0.05, 0) is 0 Å². The second-order valence-corrected chi connectivity index (χ2v) is 8.51. The quantitative estimate of drug-likeness (QED) is 0.119. The first-order valence-corrected chi connectivity index (χ1v) is 13.5. The molecule has 0 aromatic carbocycles. The summed E-state index contributed by atoms with van der Waals surface area (Å²) in [5.74, 6) is 0. The molecule has 0 aromatic heterocycles. The van der Waals surface area contributed by atoms with E-state index < -0.39 is 47.4 Å². The Hall–Kier alpha value is 5.64. The summed E-state index contributed by atoms with van der Waals surface area (Å²) in [5, 5.41) is 0. The summed E-state index contributed by atoms with van der Waals surface area (Å²) >= 11 is 0. The van der Waals surface area contributed by atoms with Gasteiger partial charge in [-0.3, -0.25) is 58.7 Å². The van der Waals surface area contributed by atoms with Crippen LogP contribution in [-0.2, 0) is 27.4 Å². The zero-order valence-electron chi connectivity index (χ0n) is 21.3. The summed E-state index contributed by atoms with van der Waals surface area (Å²) in [7, 11) is -30.8. The average molecular weight is 1010 g/mol. The maximum absolute atomic E-state index is 10.4. The summed E-state index contributed by atoms with van der Waals surface area (Å²) in [5.41, 5.74) is 0. The lowest BCUT2D eigenvalue weighted by Gasteiger charge is -1.78. The van der Waals surface area contributed by atoms with Crippen molar-refractivity contribution in [3.8, 4) is 0 Å². The van der Waals surface area contributed by atoms with Gasteiger partial charge in [0.15, 0.2) is 0 Å². The summed E-state index contributed by atoms with van der Waals surface area (Å²) in [4.78, 5) is 83.6. The van der Waals surface area contributed by atoms with Crippen molar-refractivity contribution < 1.29 is 111 Å². The number of hydrogen-bond donors (Lipinski definition) is 12. The van der Waals surface area contributed by atoms with Gasteiger partial charge in [-0.25, -0.2) is 27.4 Å². The van der Waals surface area contributed by atoms with E-state index in [-0.39, 0.29) is 119 Å². The molecular formula is H48F6O18P18. The Kier molecular flexibility index (Phi) is 157. The van der Waals surface area contributed by atoms with Crippen LogP contribution in [0.1, 0.15) is 0 Å². The Labute approximate surface area is 276 Å². The second kappa shape index (κ2) is 56.0. The summed E-state index contributed by atoms with van der Waals surface area (Å²) in [6.07, 6.45) is 0. The third kappa shape index (κ3) is 2860. The lowest BCUT2D eigenvalue weighted by Crippen LogP contribution is -1.56. The topological polar surface area (TPSA) is 345 Å². The van der Waals surface area contributed by atoms with E-state index >= 15 is 0 Å². The molecule has 18 nitrogen and oxygen atoms in total. The van der Waals surface area contributed by atoms with Gasteiger partial charge in [0.1, 0.15) is 0 Å². The molecule has 0 radical (unpaired) electrons. The molecule has 42 heteroatoms. The lowest BCUT2D eigenvalue weighted by molar-refractivity contribution is 0.320. The normalized spacial score (nSPS) is 8.43. The highest BCUT2D eigenvalue weighted by molar-refractivity contribution is 7.47. The van der Waals surface area contributed by atoms with E-state index in [1.165, 1.54) is 0 Å². The van der Waals surface area contributed by atoms with Crippen LogP contribution >= 0.6 is 166 Å². The summed E-state index contributed by atoms with van der Waals surface area (Å²) in [6, 6.07) is 0. The fraction of sp³-hybridized carbons (Fsp3) is 0. The molecule has 0 heterocycles. The van der Waals surface area contributed by atoms with Crippen molar-refractivity contribution in [1.29, 1.82) is 0 Å². The van der Waals surface area contributed by atoms with E-state index in [0.29, 0.717) is 0 Å². The summed E-state index contributed by atoms with van der Waals surface area (Å²) < 4.78 is 114. The van der Waals surface area contributed by atoms with Crippen molar-refractivity contribution in [1.82, 2.24) is 0 Å². The highest BCUT2D eigenvalue weighted by atomic mass is 31.2. The van der Waals surface area contributed by atoms with E-state index in [2.05, 4.69) is 0 Å². The van der Waals surface area contributed by atoms with Gasteiger partial charge >= 0.3 is 47.4 Å². The van der Waals surface area contributed by atoms with E-state index in [1.807, 2.05) is 0 Å². The van der Waals surface area contributed by atoms with Crippen molar-refractivity contribution in [3.63, 3.8) is 0 Å². The molecule has 0 saturated heterocycles. The molecule has 0 aliphatic heterocycles. The zero-order chi connectivity index (χ0) is 27.0. The van der Waals surface area contributed by atoms with Crippen molar-refractivity contribution in [2.45, 2.75) is 0 Å². The molecule has 288 valence electrons. The predicted molar refractivity (Wildman–Crippen MR) is 212 cm³/mol. The maximum Gasteiger partial charge on any atom is 0.507 e. The Bertz CT molecular complexity index is 493. The SMILES string of the molecule is O=P(O)(O)F.O=P(O)(O)F.O=P(O)(O)F.O=P(O)(O)F.O=P(O)(O)F.O=P(O)(O)F.P.P.P.P.P.P.P.P.P.P.P.P. The van der Waals surface area contributed by atoms with E-state index in [0.717, 1.165) is 0 Å². The molecular weight excluding hydrogens is 960 g/mol. The summed E-state index contributed by atoms with van der Waals surface area (Å²) in [6.45, 7) is 0. The minimum Gasteiger partial charge on any atom is -0.299 e. The van der Waals surface area contributed by atoms with E-state index in [4.69, 9.17) is 86.1 Å². The van der Waals surface area contributed by atoms with Crippen molar-refractivity contribution in [2.75, 3.05) is 0 Å². The van der Waals surface area contributed by atoms with Crippen molar-refractivity contribution >= 4 is 166 Å². The number of halogens is 6. The molecule has 0 aliphatic carbocycles. The Morgan fingerprint density at radius 3 is 0.214 bits per heavy atom. The lowest BCUT2D eigenvalue weighted by atomic mass is 15.8. The fourth-order valence-corrected chi connectivity index (χ4v) is 0. The van der Waals surface area contributed by atoms with Gasteiger partial charge in [-0.15, -0.1) is 25.2 Å². The molecule has 0 aliphatic rings. The van der Waals surface area contributed by atoms with E-state index in [9.17, 15) is 25.2 Å². The van der Waals surface area contributed by atoms with Crippen LogP contribution < -0.4 is 0 Å². The largest absolute Gasteiger partial charge is 0.507 e. The monoisotopic (exact) mass is 1010 g/mol. The molecule has 0 amide bonds. The van der Waals surface area contributed by atoms with E-state index in [1.54, 1.807) is 0 Å². The van der Waals surface area contributed by atoms with Gasteiger partial charge in [-0.1, -0.05) is 0 Å².